The van der Waals surface area contributed by atoms with Crippen LogP contribution in [0.2, 0.25) is 0 Å². The van der Waals surface area contributed by atoms with Crippen LogP contribution in [0.3, 0.4) is 0 Å². The van der Waals surface area contributed by atoms with Crippen molar-refractivity contribution >= 4 is 11.8 Å². The first kappa shape index (κ1) is 15.1. The molecule has 0 aliphatic heterocycles. The van der Waals surface area contributed by atoms with E-state index in [1.165, 1.54) is 7.11 Å². The van der Waals surface area contributed by atoms with Gasteiger partial charge >= 0.3 is 5.97 Å². The van der Waals surface area contributed by atoms with Gasteiger partial charge in [0.15, 0.2) is 0 Å². The third-order valence-corrected chi connectivity index (χ3v) is 2.95. The van der Waals surface area contributed by atoms with Gasteiger partial charge in [-0.25, -0.2) is 0 Å². The molecule has 0 radical (unpaired) electrons. The van der Waals surface area contributed by atoms with Crippen LogP contribution in [-0.4, -0.2) is 30.1 Å². The molecule has 0 aliphatic carbocycles. The summed E-state index contributed by atoms with van der Waals surface area (Å²) in [6, 6.07) is 0. The fourth-order valence-corrected chi connectivity index (χ4v) is 1.96. The lowest BCUT2D eigenvalue weighted by atomic mass is 9.81. The quantitative estimate of drug-likeness (QED) is 0.726. The van der Waals surface area contributed by atoms with E-state index >= 15 is 0 Å². The molecule has 16 heavy (non-hydrogen) atoms. The number of ketones is 1. The van der Waals surface area contributed by atoms with Crippen molar-refractivity contribution in [3.05, 3.63) is 0 Å². The van der Waals surface area contributed by atoms with Crippen LogP contribution in [0.4, 0.5) is 0 Å². The number of Topliss-reactive ketones (excluding diaryl/α,β-unsaturated/α-hetero) is 1. The topological polar surface area (TPSA) is 63.6 Å². The Morgan fingerprint density at radius 3 is 2.00 bits per heavy atom. The molecule has 0 fully saturated rings. The largest absolute Gasteiger partial charge is 0.481 e. The summed E-state index contributed by atoms with van der Waals surface area (Å²) in [5.74, 6) is -2.41. The highest BCUT2D eigenvalue weighted by atomic mass is 16.5. The molecule has 0 aromatic carbocycles. The molecule has 4 nitrogen and oxygen atoms in total. The Balaban J connectivity index is 4.91. The highest BCUT2D eigenvalue weighted by molar-refractivity contribution is 5.87. The number of ether oxygens (including phenoxy) is 1. The highest BCUT2D eigenvalue weighted by Crippen LogP contribution is 2.24. The van der Waals surface area contributed by atoms with Crippen molar-refractivity contribution < 1.29 is 19.4 Å². The molecule has 0 aromatic rings. The third kappa shape index (κ3) is 3.59. The summed E-state index contributed by atoms with van der Waals surface area (Å²) in [4.78, 5) is 23.0. The van der Waals surface area contributed by atoms with Gasteiger partial charge in [-0.15, -0.1) is 0 Å². The minimum atomic E-state index is -0.963. The van der Waals surface area contributed by atoms with Gasteiger partial charge in [-0.3, -0.25) is 9.59 Å². The van der Waals surface area contributed by atoms with Crippen LogP contribution in [-0.2, 0) is 14.3 Å². The predicted octanol–water partition coefficient (Wildman–Crippen LogP) is 1.97. The van der Waals surface area contributed by atoms with Crippen LogP contribution < -0.4 is 0 Å². The first-order valence-electron chi connectivity index (χ1n) is 5.66. The zero-order valence-electron chi connectivity index (χ0n) is 10.7. The van der Waals surface area contributed by atoms with E-state index in [0.29, 0.717) is 6.42 Å². The Kier molecular flexibility index (Phi) is 6.26. The van der Waals surface area contributed by atoms with Gasteiger partial charge < -0.3 is 9.84 Å². The summed E-state index contributed by atoms with van der Waals surface area (Å²) in [6.45, 7) is 7.09. The average molecular weight is 230 g/mol. The number of carbonyl (C=O) groups excluding carboxylic acids is 1. The van der Waals surface area contributed by atoms with E-state index in [2.05, 4.69) is 0 Å². The summed E-state index contributed by atoms with van der Waals surface area (Å²) in [7, 11) is 1.48. The maximum atomic E-state index is 11.8. The van der Waals surface area contributed by atoms with Crippen LogP contribution in [0.15, 0.2) is 0 Å². The summed E-state index contributed by atoms with van der Waals surface area (Å²) in [5, 5.41) is 9.17. The van der Waals surface area contributed by atoms with Gasteiger partial charge in [-0.1, -0.05) is 27.7 Å². The number of hydrogen-bond donors (Lipinski definition) is 1. The van der Waals surface area contributed by atoms with Crippen molar-refractivity contribution in [3.8, 4) is 0 Å². The summed E-state index contributed by atoms with van der Waals surface area (Å²) in [5.41, 5.74) is 0. The van der Waals surface area contributed by atoms with E-state index in [-0.39, 0.29) is 11.7 Å². The minimum Gasteiger partial charge on any atom is -0.481 e. The second-order valence-corrected chi connectivity index (χ2v) is 4.39. The molecule has 0 spiro atoms. The van der Waals surface area contributed by atoms with E-state index in [0.717, 1.165) is 0 Å². The Morgan fingerprint density at radius 2 is 1.75 bits per heavy atom. The number of aliphatic carboxylic acids is 1. The van der Waals surface area contributed by atoms with E-state index in [9.17, 15) is 14.7 Å². The lowest BCUT2D eigenvalue weighted by Gasteiger charge is -2.27. The second-order valence-electron chi connectivity index (χ2n) is 4.39. The zero-order chi connectivity index (χ0) is 12.9. The number of methoxy groups -OCH3 is 1. The van der Waals surface area contributed by atoms with Gasteiger partial charge in [0.2, 0.25) is 0 Å². The van der Waals surface area contributed by atoms with E-state index < -0.39 is 23.9 Å². The monoisotopic (exact) mass is 230 g/mol. The van der Waals surface area contributed by atoms with Crippen molar-refractivity contribution in [2.75, 3.05) is 7.11 Å². The van der Waals surface area contributed by atoms with Gasteiger partial charge in [0, 0.05) is 18.9 Å². The van der Waals surface area contributed by atoms with Crippen LogP contribution in [0.5, 0.6) is 0 Å². The molecule has 0 bridgehead atoms. The molecule has 3 atom stereocenters. The highest BCUT2D eigenvalue weighted by Gasteiger charge is 2.36. The molecule has 0 aliphatic rings. The molecule has 0 heterocycles. The first-order valence-corrected chi connectivity index (χ1v) is 5.66. The van der Waals surface area contributed by atoms with E-state index in [1.54, 1.807) is 20.8 Å². The van der Waals surface area contributed by atoms with Crippen molar-refractivity contribution in [1.29, 1.82) is 0 Å². The smallest absolute Gasteiger partial charge is 0.309 e. The molecule has 94 valence electrons. The number of hydrogen-bond acceptors (Lipinski definition) is 3. The Hall–Kier alpha value is -0.900. The van der Waals surface area contributed by atoms with Crippen molar-refractivity contribution in [2.45, 2.75) is 40.2 Å². The predicted molar refractivity (Wildman–Crippen MR) is 61.2 cm³/mol. The lowest BCUT2D eigenvalue weighted by molar-refractivity contribution is -0.153. The summed E-state index contributed by atoms with van der Waals surface area (Å²) < 4.78 is 5.14. The zero-order valence-corrected chi connectivity index (χ0v) is 10.7. The molecule has 3 unspecified atom stereocenters. The van der Waals surface area contributed by atoms with Gasteiger partial charge in [0.1, 0.15) is 5.78 Å². The molecule has 0 rings (SSSR count). The van der Waals surface area contributed by atoms with Gasteiger partial charge in [0.05, 0.1) is 12.0 Å². The molecule has 0 saturated carbocycles. The SMILES string of the molecule is CCC(OC)C(C(=O)O)C(C)C(=O)C(C)C. The maximum Gasteiger partial charge on any atom is 0.309 e. The van der Waals surface area contributed by atoms with Crippen molar-refractivity contribution in [1.82, 2.24) is 0 Å². The first-order chi connectivity index (χ1) is 7.36. The molecule has 1 N–H and O–H groups in total. The molecular formula is C12H22O4. The fourth-order valence-electron chi connectivity index (χ4n) is 1.96. The number of carboxylic acid groups (broad SMARTS) is 1. The van der Waals surface area contributed by atoms with E-state index in [4.69, 9.17) is 4.74 Å². The summed E-state index contributed by atoms with van der Waals surface area (Å²) in [6.07, 6.45) is 0.179. The average Bonchev–Trinajstić information content (AvgIpc) is 2.22. The Labute approximate surface area is 97.0 Å². The maximum absolute atomic E-state index is 11.8. The van der Waals surface area contributed by atoms with Crippen LogP contribution >= 0.6 is 0 Å². The molecular weight excluding hydrogens is 208 g/mol. The lowest BCUT2D eigenvalue weighted by Crippen LogP contribution is -2.39. The van der Waals surface area contributed by atoms with Crippen LogP contribution in [0, 0.1) is 17.8 Å². The standard InChI is InChI=1S/C12H22O4/c1-6-9(16-5)10(12(14)15)8(4)11(13)7(2)3/h7-10H,6H2,1-5H3,(H,14,15). The Morgan fingerprint density at radius 1 is 1.25 bits per heavy atom. The molecule has 0 saturated heterocycles. The molecule has 0 amide bonds. The second kappa shape index (κ2) is 6.63. The minimum absolute atomic E-state index is 0.0251. The van der Waals surface area contributed by atoms with Crippen molar-refractivity contribution in [2.24, 2.45) is 17.8 Å². The van der Waals surface area contributed by atoms with E-state index in [1.807, 2.05) is 6.92 Å². The fraction of sp³-hybridized carbons (Fsp3) is 0.833. The summed E-state index contributed by atoms with van der Waals surface area (Å²) >= 11 is 0. The van der Waals surface area contributed by atoms with Crippen LogP contribution in [0.1, 0.15) is 34.1 Å². The normalized spacial score (nSPS) is 16.9. The molecule has 4 heteroatoms. The van der Waals surface area contributed by atoms with Crippen molar-refractivity contribution in [3.63, 3.8) is 0 Å². The van der Waals surface area contributed by atoms with Crippen LogP contribution in [0.25, 0.3) is 0 Å². The van der Waals surface area contributed by atoms with Gasteiger partial charge in [0.25, 0.3) is 0 Å². The third-order valence-electron chi connectivity index (χ3n) is 2.95. The number of carboxylic acids is 1. The number of carbonyl (C=O) groups is 2. The number of rotatable bonds is 7. The van der Waals surface area contributed by atoms with Gasteiger partial charge in [-0.05, 0) is 6.42 Å². The molecule has 0 aromatic heterocycles. The Bertz CT molecular complexity index is 243. The van der Waals surface area contributed by atoms with Gasteiger partial charge in [-0.2, -0.15) is 0 Å².